The maximum absolute atomic E-state index is 13.1. The number of carbonyl (C=O) groups is 4. The van der Waals surface area contributed by atoms with Gasteiger partial charge >= 0.3 is 39.5 Å². The smallest absolute Gasteiger partial charge is 0.462 e. The van der Waals surface area contributed by atoms with Crippen LogP contribution in [-0.4, -0.2) is 96.7 Å². The zero-order valence-corrected chi connectivity index (χ0v) is 63.4. The van der Waals surface area contributed by atoms with E-state index in [0.29, 0.717) is 25.7 Å². The van der Waals surface area contributed by atoms with E-state index in [1.165, 1.54) is 154 Å². The van der Waals surface area contributed by atoms with Crippen LogP contribution in [0.2, 0.25) is 0 Å². The van der Waals surface area contributed by atoms with Crippen molar-refractivity contribution in [1.82, 2.24) is 0 Å². The van der Waals surface area contributed by atoms with Gasteiger partial charge in [-0.05, 0) is 103 Å². The van der Waals surface area contributed by atoms with Crippen LogP contribution in [0.5, 0.6) is 0 Å². The molecule has 0 aromatic rings. The molecule has 0 radical (unpaired) electrons. The molecule has 96 heavy (non-hydrogen) atoms. The number of unbranched alkanes of at least 4 members (excludes halogenated alkanes) is 43. The van der Waals surface area contributed by atoms with Gasteiger partial charge in [-0.25, -0.2) is 9.13 Å². The van der Waals surface area contributed by atoms with Crippen LogP contribution >= 0.6 is 15.6 Å². The van der Waals surface area contributed by atoms with Crippen molar-refractivity contribution in [3.8, 4) is 0 Å². The predicted molar refractivity (Wildman–Crippen MR) is 391 cm³/mol. The average Bonchev–Trinajstić information content (AvgIpc) is 1.15. The minimum Gasteiger partial charge on any atom is -0.462 e. The van der Waals surface area contributed by atoms with Crippen LogP contribution in [0.1, 0.15) is 374 Å². The van der Waals surface area contributed by atoms with E-state index >= 15 is 0 Å². The SMILES string of the molecule is CCCCCC/C=C\CCCCCCCC(=O)O[C@H](COC(=O)CCCCCCC/C=C\CCCCCCCC)COP(=O)(O)OC[C@H](O)COP(=O)(O)OC[C@@H](COC(=O)CCCCCCC/C=C\CCCCCCCC)OC(=O)CCCCCCCCCCCCCCC. The summed E-state index contributed by atoms with van der Waals surface area (Å²) in [6.45, 7) is 4.90. The number of aliphatic hydroxyl groups excluding tert-OH is 1. The lowest BCUT2D eigenvalue weighted by Crippen LogP contribution is -2.30. The van der Waals surface area contributed by atoms with Crippen LogP contribution < -0.4 is 0 Å². The van der Waals surface area contributed by atoms with Gasteiger partial charge in [-0.2, -0.15) is 0 Å². The molecule has 0 aliphatic carbocycles. The Morgan fingerprint density at radius 2 is 0.479 bits per heavy atom. The minimum absolute atomic E-state index is 0.0893. The van der Waals surface area contributed by atoms with Crippen molar-refractivity contribution >= 4 is 39.5 Å². The Morgan fingerprint density at radius 1 is 0.281 bits per heavy atom. The van der Waals surface area contributed by atoms with Crippen molar-refractivity contribution in [1.29, 1.82) is 0 Å². The normalized spacial score (nSPS) is 14.1. The van der Waals surface area contributed by atoms with Gasteiger partial charge < -0.3 is 33.8 Å². The number of rotatable bonds is 75. The summed E-state index contributed by atoms with van der Waals surface area (Å²) in [7, 11) is -9.93. The first-order valence-electron chi connectivity index (χ1n) is 39.2. The standard InChI is InChI=1S/C77H144O17P2/c1-5-9-13-17-21-25-29-33-35-39-41-45-49-53-57-61-74(79)87-67-72(93-76(81)63-59-55-51-47-43-37-31-27-23-19-15-11-7-3)69-91-95(83,84)89-65-71(78)66-90-96(85,86)92-70-73(94-77(82)64-60-56-52-48-44-38-32-28-24-20-16-12-8-4)68-88-75(80)62-58-54-50-46-42-40-36-34-30-26-22-18-14-10-6-2/h27,31,33-36,71-73,78H,5-26,28-30,32,37-70H2,1-4H3,(H,83,84)(H,85,86)/b31-27-,35-33-,36-34-/t71-,72+,73+/m0/s1. The summed E-state index contributed by atoms with van der Waals surface area (Å²) in [5, 5.41) is 10.6. The van der Waals surface area contributed by atoms with E-state index in [1.54, 1.807) is 0 Å². The predicted octanol–water partition coefficient (Wildman–Crippen LogP) is 22.3. The largest absolute Gasteiger partial charge is 0.472 e. The topological polar surface area (TPSA) is 237 Å². The van der Waals surface area contributed by atoms with E-state index in [0.717, 1.165) is 141 Å². The van der Waals surface area contributed by atoms with Gasteiger partial charge in [0.1, 0.15) is 19.3 Å². The second kappa shape index (κ2) is 70.7. The summed E-state index contributed by atoms with van der Waals surface area (Å²) in [5.41, 5.74) is 0. The maximum Gasteiger partial charge on any atom is 0.472 e. The molecule has 0 fully saturated rings. The molecule has 0 saturated heterocycles. The lowest BCUT2D eigenvalue weighted by atomic mass is 10.0. The van der Waals surface area contributed by atoms with Crippen molar-refractivity contribution in [3.05, 3.63) is 36.5 Å². The van der Waals surface area contributed by atoms with E-state index in [1.807, 2.05) is 0 Å². The third-order valence-electron chi connectivity index (χ3n) is 17.1. The minimum atomic E-state index is -4.97. The molecule has 0 saturated carbocycles. The van der Waals surface area contributed by atoms with Gasteiger partial charge in [-0.15, -0.1) is 0 Å². The number of phosphoric acid groups is 2. The summed E-state index contributed by atoms with van der Waals surface area (Å²) in [6.07, 6.45) is 65.5. The number of phosphoric ester groups is 2. The van der Waals surface area contributed by atoms with Crippen molar-refractivity contribution in [2.45, 2.75) is 393 Å². The summed E-state index contributed by atoms with van der Waals surface area (Å²) in [4.78, 5) is 72.8. The lowest BCUT2D eigenvalue weighted by molar-refractivity contribution is -0.161. The highest BCUT2D eigenvalue weighted by Gasteiger charge is 2.30. The van der Waals surface area contributed by atoms with Gasteiger partial charge in [0.05, 0.1) is 26.4 Å². The van der Waals surface area contributed by atoms with E-state index in [-0.39, 0.29) is 25.7 Å². The Labute approximate surface area is 585 Å². The molecule has 3 N–H and O–H groups in total. The van der Waals surface area contributed by atoms with Gasteiger partial charge in [-0.3, -0.25) is 37.3 Å². The first kappa shape index (κ1) is 93.3. The summed E-state index contributed by atoms with van der Waals surface area (Å²) in [5.74, 6) is -2.16. The fraction of sp³-hybridized carbons (Fsp3) is 0.870. The molecule has 0 aromatic heterocycles. The van der Waals surface area contributed by atoms with E-state index in [2.05, 4.69) is 64.2 Å². The highest BCUT2D eigenvalue weighted by Crippen LogP contribution is 2.45. The first-order valence-corrected chi connectivity index (χ1v) is 42.2. The van der Waals surface area contributed by atoms with Gasteiger partial charge in [0, 0.05) is 25.7 Å². The van der Waals surface area contributed by atoms with Crippen molar-refractivity contribution in [3.63, 3.8) is 0 Å². The van der Waals surface area contributed by atoms with Crippen molar-refractivity contribution < 1.29 is 80.2 Å². The van der Waals surface area contributed by atoms with Gasteiger partial charge in [-0.1, -0.05) is 282 Å². The van der Waals surface area contributed by atoms with Crippen molar-refractivity contribution in [2.24, 2.45) is 0 Å². The molecule has 5 atom stereocenters. The number of hydrogen-bond donors (Lipinski definition) is 3. The van der Waals surface area contributed by atoms with Crippen LogP contribution in [0.4, 0.5) is 0 Å². The lowest BCUT2D eigenvalue weighted by Gasteiger charge is -2.21. The number of hydrogen-bond acceptors (Lipinski definition) is 15. The molecule has 0 amide bonds. The number of ether oxygens (including phenoxy) is 4. The zero-order valence-electron chi connectivity index (χ0n) is 61.6. The molecule has 2 unspecified atom stereocenters. The number of allylic oxidation sites excluding steroid dienone is 6. The van der Waals surface area contributed by atoms with Gasteiger partial charge in [0.15, 0.2) is 12.2 Å². The second-order valence-corrected chi connectivity index (χ2v) is 29.6. The Morgan fingerprint density at radius 3 is 0.729 bits per heavy atom. The second-order valence-electron chi connectivity index (χ2n) is 26.7. The zero-order chi connectivity index (χ0) is 70.4. The molecule has 0 bridgehead atoms. The fourth-order valence-electron chi connectivity index (χ4n) is 11.0. The highest BCUT2D eigenvalue weighted by molar-refractivity contribution is 7.47. The Hall–Kier alpha value is -2.72. The maximum atomic E-state index is 13.1. The third-order valence-corrected chi connectivity index (χ3v) is 19.0. The highest BCUT2D eigenvalue weighted by atomic mass is 31.2. The Balaban J connectivity index is 5.31. The molecular formula is C77H144O17P2. The molecule has 0 rings (SSSR count). The Bertz CT molecular complexity index is 1970. The summed E-state index contributed by atoms with van der Waals surface area (Å²) >= 11 is 0. The molecule has 0 aliphatic heterocycles. The number of carbonyl (C=O) groups excluding carboxylic acids is 4. The monoisotopic (exact) mass is 1400 g/mol. The van der Waals surface area contributed by atoms with Crippen molar-refractivity contribution in [2.75, 3.05) is 39.6 Å². The molecule has 0 spiro atoms. The molecule has 0 heterocycles. The first-order chi connectivity index (χ1) is 46.7. The number of esters is 4. The fourth-order valence-corrected chi connectivity index (χ4v) is 12.6. The van der Waals surface area contributed by atoms with Crippen LogP contribution in [0.15, 0.2) is 36.5 Å². The van der Waals surface area contributed by atoms with Crippen LogP contribution in [-0.2, 0) is 65.4 Å². The van der Waals surface area contributed by atoms with Gasteiger partial charge in [0.25, 0.3) is 0 Å². The number of aliphatic hydroxyl groups is 1. The Kier molecular flexibility index (Phi) is 68.7. The third kappa shape index (κ3) is 69.7. The van der Waals surface area contributed by atoms with Crippen LogP contribution in [0.3, 0.4) is 0 Å². The molecule has 17 nitrogen and oxygen atoms in total. The molecule has 0 aliphatic rings. The molecule has 19 heteroatoms. The van der Waals surface area contributed by atoms with Gasteiger partial charge in [0.2, 0.25) is 0 Å². The molecule has 564 valence electrons. The molecular weight excluding hydrogens is 1260 g/mol. The van der Waals surface area contributed by atoms with E-state index in [4.69, 9.17) is 37.0 Å². The molecule has 0 aromatic carbocycles. The van der Waals surface area contributed by atoms with E-state index in [9.17, 15) is 43.2 Å². The quantitative estimate of drug-likeness (QED) is 0.0169. The summed E-state index contributed by atoms with van der Waals surface area (Å²) in [6, 6.07) is 0. The van der Waals surface area contributed by atoms with Crippen LogP contribution in [0, 0.1) is 0 Å². The van der Waals surface area contributed by atoms with E-state index < -0.39 is 97.5 Å². The summed E-state index contributed by atoms with van der Waals surface area (Å²) < 4.78 is 68.5. The average molecular weight is 1400 g/mol. The van der Waals surface area contributed by atoms with Crippen LogP contribution in [0.25, 0.3) is 0 Å².